The van der Waals surface area contributed by atoms with Gasteiger partial charge in [0, 0.05) is 20.6 Å². The monoisotopic (exact) mass is 363 g/mol. The Morgan fingerprint density at radius 1 is 1.28 bits per heavy atom. The number of carbonyl (C=O) groups is 3. The molecule has 7 heteroatoms. The molecule has 1 N–H and O–H groups in total. The van der Waals surface area contributed by atoms with E-state index in [1.54, 1.807) is 19.0 Å². The van der Waals surface area contributed by atoms with Crippen LogP contribution in [0.25, 0.3) is 0 Å². The molecule has 0 unspecified atom stereocenters. The number of hydrogen-bond acceptors (Lipinski definition) is 4. The van der Waals surface area contributed by atoms with Crippen LogP contribution in [0.1, 0.15) is 31.1 Å². The molecule has 0 aliphatic carbocycles. The van der Waals surface area contributed by atoms with Gasteiger partial charge in [-0.1, -0.05) is 55.9 Å². The van der Waals surface area contributed by atoms with Crippen molar-refractivity contribution in [3.05, 3.63) is 35.9 Å². The molecule has 0 saturated carbocycles. The lowest BCUT2D eigenvalue weighted by Gasteiger charge is -2.38. The fourth-order valence-electron chi connectivity index (χ4n) is 2.61. The van der Waals surface area contributed by atoms with Gasteiger partial charge in [-0.05, 0) is 11.5 Å². The lowest BCUT2D eigenvalue weighted by molar-refractivity contribution is -0.143. The minimum absolute atomic E-state index is 0.0760. The lowest BCUT2D eigenvalue weighted by atomic mass is 10.1. The van der Waals surface area contributed by atoms with Gasteiger partial charge in [-0.15, -0.1) is 0 Å². The van der Waals surface area contributed by atoms with Gasteiger partial charge in [-0.2, -0.15) is 0 Å². The third-order valence-electron chi connectivity index (χ3n) is 3.79. The summed E-state index contributed by atoms with van der Waals surface area (Å²) in [7, 11) is 3.41. The molecule has 6 nitrogen and oxygen atoms in total. The molecule has 2 atom stereocenters. The Bertz CT molecular complexity index is 634. The van der Waals surface area contributed by atoms with Gasteiger partial charge in [-0.25, -0.2) is 0 Å². The molecule has 1 aromatic rings. The van der Waals surface area contributed by atoms with Crippen LogP contribution in [0, 0.1) is 5.92 Å². The summed E-state index contributed by atoms with van der Waals surface area (Å²) in [5.41, 5.74) is 0.299. The highest BCUT2D eigenvalue weighted by molar-refractivity contribution is 8.00. The highest BCUT2D eigenvalue weighted by Gasteiger charge is 2.36. The van der Waals surface area contributed by atoms with Crippen LogP contribution in [-0.2, 0) is 14.4 Å². The summed E-state index contributed by atoms with van der Waals surface area (Å²) < 4.78 is 0. The number of carbonyl (C=O) groups excluding carboxylic acids is 3. The number of amides is 3. The molecule has 0 spiro atoms. The Balaban J connectivity index is 2.29. The summed E-state index contributed by atoms with van der Waals surface area (Å²) in [5, 5.41) is 2.36. The highest BCUT2D eigenvalue weighted by Crippen LogP contribution is 2.35. The molecule has 1 fully saturated rings. The van der Waals surface area contributed by atoms with Gasteiger partial charge in [0.2, 0.25) is 17.7 Å². The van der Waals surface area contributed by atoms with Gasteiger partial charge < -0.3 is 15.1 Å². The number of benzene rings is 1. The summed E-state index contributed by atoms with van der Waals surface area (Å²) in [6, 6.07) is 9.42. The summed E-state index contributed by atoms with van der Waals surface area (Å²) in [6.45, 7) is 4.57. The molecule has 3 amide bonds. The summed E-state index contributed by atoms with van der Waals surface area (Å²) in [6.07, 6.45) is -0.137. The smallest absolute Gasteiger partial charge is 0.239 e. The quantitative estimate of drug-likeness (QED) is 0.783. The van der Waals surface area contributed by atoms with E-state index in [9.17, 15) is 14.4 Å². The molecule has 1 heterocycles. The number of hydrogen-bond donors (Lipinski definition) is 1. The zero-order valence-electron chi connectivity index (χ0n) is 15.1. The number of thioether (sulfide) groups is 1. The summed E-state index contributed by atoms with van der Waals surface area (Å²) in [4.78, 5) is 40.1. The largest absolute Gasteiger partial charge is 0.348 e. The van der Waals surface area contributed by atoms with Crippen molar-refractivity contribution < 1.29 is 14.4 Å². The molecule has 0 bridgehead atoms. The van der Waals surface area contributed by atoms with Crippen molar-refractivity contribution in [1.29, 1.82) is 0 Å². The van der Waals surface area contributed by atoms with Gasteiger partial charge in [0.25, 0.3) is 0 Å². The van der Waals surface area contributed by atoms with Crippen LogP contribution in [0.15, 0.2) is 30.3 Å². The van der Waals surface area contributed by atoms with Crippen molar-refractivity contribution >= 4 is 29.5 Å². The maximum absolute atomic E-state index is 12.7. The molecule has 1 aromatic carbocycles. The molecule has 1 saturated heterocycles. The van der Waals surface area contributed by atoms with Crippen molar-refractivity contribution in [3.8, 4) is 0 Å². The van der Waals surface area contributed by atoms with Crippen molar-refractivity contribution in [2.45, 2.75) is 31.0 Å². The first-order valence-electron chi connectivity index (χ1n) is 8.30. The van der Waals surface area contributed by atoms with Crippen LogP contribution in [0.3, 0.4) is 0 Å². The first kappa shape index (κ1) is 19.3. The van der Waals surface area contributed by atoms with Crippen molar-refractivity contribution in [2.75, 3.05) is 20.6 Å². The Labute approximate surface area is 152 Å². The fourth-order valence-corrected chi connectivity index (χ4v) is 4.05. The second kappa shape index (κ2) is 8.38. The topological polar surface area (TPSA) is 69.7 Å². The SMILES string of the molecule is CC(C)CN1C(=O)CC(=O)N[C@@H]1S[C@H](C(=O)N(C)C)c1ccccc1. The van der Waals surface area contributed by atoms with E-state index >= 15 is 0 Å². The van der Waals surface area contributed by atoms with Crippen LogP contribution >= 0.6 is 11.8 Å². The van der Waals surface area contributed by atoms with E-state index in [0.717, 1.165) is 5.56 Å². The minimum atomic E-state index is -0.551. The van der Waals surface area contributed by atoms with Crippen molar-refractivity contribution in [1.82, 2.24) is 15.1 Å². The van der Waals surface area contributed by atoms with E-state index in [0.29, 0.717) is 6.54 Å². The molecule has 1 aliphatic heterocycles. The Morgan fingerprint density at radius 2 is 1.92 bits per heavy atom. The third-order valence-corrected chi connectivity index (χ3v) is 5.17. The average molecular weight is 363 g/mol. The van der Waals surface area contributed by atoms with E-state index in [1.165, 1.54) is 16.7 Å². The molecule has 136 valence electrons. The standard InChI is InChI=1S/C18H25N3O3S/c1-12(2)11-21-15(23)10-14(22)19-18(21)25-16(17(24)20(3)4)13-8-6-5-7-9-13/h5-9,12,16,18H,10-11H2,1-4H3,(H,19,22)/t16-,18-/m0/s1. The number of nitrogens with zero attached hydrogens (tertiary/aromatic N) is 2. The summed E-state index contributed by atoms with van der Waals surface area (Å²) >= 11 is 1.29. The van der Waals surface area contributed by atoms with Crippen LogP contribution in [0.4, 0.5) is 0 Å². The van der Waals surface area contributed by atoms with E-state index in [1.807, 2.05) is 44.2 Å². The van der Waals surface area contributed by atoms with Crippen molar-refractivity contribution in [2.24, 2.45) is 5.92 Å². The Morgan fingerprint density at radius 3 is 2.48 bits per heavy atom. The first-order valence-corrected chi connectivity index (χ1v) is 9.24. The lowest BCUT2D eigenvalue weighted by Crippen LogP contribution is -2.56. The maximum atomic E-state index is 12.7. The normalized spacial score (nSPS) is 18.9. The first-order chi connectivity index (χ1) is 11.8. The van der Waals surface area contributed by atoms with Crippen LogP contribution in [0.2, 0.25) is 0 Å². The molecule has 2 rings (SSSR count). The van der Waals surface area contributed by atoms with Gasteiger partial charge in [0.15, 0.2) is 5.50 Å². The molecule has 0 aromatic heterocycles. The minimum Gasteiger partial charge on any atom is -0.348 e. The second-order valence-electron chi connectivity index (χ2n) is 6.70. The predicted molar refractivity (Wildman–Crippen MR) is 98.6 cm³/mol. The van der Waals surface area contributed by atoms with Gasteiger partial charge in [0.05, 0.1) is 0 Å². The zero-order chi connectivity index (χ0) is 18.6. The van der Waals surface area contributed by atoms with E-state index in [2.05, 4.69) is 5.32 Å². The number of rotatable bonds is 6. The third kappa shape index (κ3) is 4.98. The van der Waals surface area contributed by atoms with Crippen LogP contribution in [-0.4, -0.2) is 53.7 Å². The average Bonchev–Trinajstić information content (AvgIpc) is 2.55. The highest BCUT2D eigenvalue weighted by atomic mass is 32.2. The molecular weight excluding hydrogens is 338 g/mol. The second-order valence-corrected chi connectivity index (χ2v) is 7.89. The van der Waals surface area contributed by atoms with Crippen molar-refractivity contribution in [3.63, 3.8) is 0 Å². The van der Waals surface area contributed by atoms with Gasteiger partial charge in [0.1, 0.15) is 11.7 Å². The Hall–Kier alpha value is -2.02. The van der Waals surface area contributed by atoms with E-state index in [4.69, 9.17) is 0 Å². The zero-order valence-corrected chi connectivity index (χ0v) is 15.9. The molecule has 25 heavy (non-hydrogen) atoms. The fraction of sp³-hybridized carbons (Fsp3) is 0.500. The Kier molecular flexibility index (Phi) is 6.47. The van der Waals surface area contributed by atoms with Crippen LogP contribution in [0.5, 0.6) is 0 Å². The van der Waals surface area contributed by atoms with Crippen LogP contribution < -0.4 is 5.32 Å². The maximum Gasteiger partial charge on any atom is 0.239 e. The summed E-state index contributed by atoms with van der Waals surface area (Å²) in [5.74, 6) is -0.305. The number of likely N-dealkylation sites (N-methyl/N-ethyl adjacent to an activating group) is 1. The molecule has 0 radical (unpaired) electrons. The molecular formula is C18H25N3O3S. The predicted octanol–water partition coefficient (Wildman–Crippen LogP) is 1.84. The van der Waals surface area contributed by atoms with Gasteiger partial charge >= 0.3 is 0 Å². The van der Waals surface area contributed by atoms with Gasteiger partial charge in [-0.3, -0.25) is 14.4 Å². The van der Waals surface area contributed by atoms with E-state index < -0.39 is 10.7 Å². The molecule has 1 aliphatic rings. The van der Waals surface area contributed by atoms with E-state index in [-0.39, 0.29) is 30.1 Å². The number of nitrogens with one attached hydrogen (secondary N) is 1.